The first kappa shape index (κ1) is 11.0. The lowest BCUT2D eigenvalue weighted by molar-refractivity contribution is 0.249. The molecule has 4 heteroatoms. The van der Waals surface area contributed by atoms with Gasteiger partial charge in [0.15, 0.2) is 0 Å². The van der Waals surface area contributed by atoms with E-state index in [2.05, 4.69) is 11.4 Å². The highest BCUT2D eigenvalue weighted by atomic mass is 32.1. The van der Waals surface area contributed by atoms with Crippen molar-refractivity contribution in [1.29, 1.82) is 0 Å². The number of fused-ring (bicyclic) bond motifs is 3. The molecule has 96 valence electrons. The zero-order valence-corrected chi connectivity index (χ0v) is 11.7. The average Bonchev–Trinajstić information content (AvgIpc) is 3.05. The Morgan fingerprint density at radius 3 is 2.89 bits per heavy atom. The average molecular weight is 261 g/mol. The monoisotopic (exact) mass is 261 g/mol. The van der Waals surface area contributed by atoms with Gasteiger partial charge in [0.1, 0.15) is 5.01 Å². The SMILES string of the molecule is CCc1nn2c3c(nc2s1)CCC1(CCCC1)C3. The number of aromatic nitrogens is 3. The summed E-state index contributed by atoms with van der Waals surface area (Å²) in [4.78, 5) is 5.91. The molecular weight excluding hydrogens is 242 g/mol. The van der Waals surface area contributed by atoms with E-state index >= 15 is 0 Å². The lowest BCUT2D eigenvalue weighted by Crippen LogP contribution is -2.26. The second-order valence-electron chi connectivity index (χ2n) is 5.93. The van der Waals surface area contributed by atoms with Gasteiger partial charge in [-0.25, -0.2) is 9.50 Å². The van der Waals surface area contributed by atoms with Gasteiger partial charge >= 0.3 is 0 Å². The molecule has 0 N–H and O–H groups in total. The molecule has 2 aromatic rings. The predicted molar refractivity (Wildman–Crippen MR) is 73.2 cm³/mol. The number of hydrogen-bond donors (Lipinski definition) is 0. The van der Waals surface area contributed by atoms with Crippen LogP contribution in [0.25, 0.3) is 4.96 Å². The Bertz CT molecular complexity index is 589. The van der Waals surface area contributed by atoms with Gasteiger partial charge in [0.25, 0.3) is 0 Å². The minimum absolute atomic E-state index is 0.596. The van der Waals surface area contributed by atoms with E-state index in [1.165, 1.54) is 61.3 Å². The molecule has 0 radical (unpaired) electrons. The summed E-state index contributed by atoms with van der Waals surface area (Å²) in [5.41, 5.74) is 3.35. The molecule has 4 rings (SSSR count). The zero-order valence-electron chi connectivity index (χ0n) is 10.9. The van der Waals surface area contributed by atoms with Crippen molar-refractivity contribution in [2.75, 3.05) is 0 Å². The first-order chi connectivity index (χ1) is 8.80. The Morgan fingerprint density at radius 2 is 2.11 bits per heavy atom. The molecule has 0 saturated heterocycles. The number of hydrogen-bond acceptors (Lipinski definition) is 3. The van der Waals surface area contributed by atoms with Crippen LogP contribution in [0.1, 0.15) is 55.4 Å². The van der Waals surface area contributed by atoms with Crippen molar-refractivity contribution >= 4 is 16.3 Å². The highest BCUT2D eigenvalue weighted by Gasteiger charge is 2.39. The van der Waals surface area contributed by atoms with Gasteiger partial charge in [-0.1, -0.05) is 31.1 Å². The van der Waals surface area contributed by atoms with Gasteiger partial charge in [0.05, 0.1) is 11.4 Å². The maximum absolute atomic E-state index is 4.80. The van der Waals surface area contributed by atoms with Crippen LogP contribution in [0.4, 0.5) is 0 Å². The van der Waals surface area contributed by atoms with Crippen LogP contribution in [0.15, 0.2) is 0 Å². The summed E-state index contributed by atoms with van der Waals surface area (Å²) in [5.74, 6) is 0. The number of aryl methyl sites for hydroxylation is 2. The lowest BCUT2D eigenvalue weighted by atomic mass is 9.73. The summed E-state index contributed by atoms with van der Waals surface area (Å²) < 4.78 is 2.15. The second-order valence-corrected chi connectivity index (χ2v) is 6.97. The molecule has 0 aromatic carbocycles. The van der Waals surface area contributed by atoms with Gasteiger partial charge in [-0.15, -0.1) is 0 Å². The summed E-state index contributed by atoms with van der Waals surface area (Å²) in [7, 11) is 0. The Hall–Kier alpha value is -0.900. The van der Waals surface area contributed by atoms with Crippen molar-refractivity contribution in [2.24, 2.45) is 5.41 Å². The van der Waals surface area contributed by atoms with E-state index in [-0.39, 0.29) is 0 Å². The standard InChI is InChI=1S/C14H19N3S/c1-2-12-16-17-11-9-14(6-3-4-7-14)8-5-10(11)15-13(17)18-12/h2-9H2,1H3. The summed E-state index contributed by atoms with van der Waals surface area (Å²) in [5, 5.41) is 5.95. The van der Waals surface area contributed by atoms with Gasteiger partial charge in [-0.2, -0.15) is 5.10 Å². The van der Waals surface area contributed by atoms with Gasteiger partial charge in [0, 0.05) is 0 Å². The van der Waals surface area contributed by atoms with Crippen LogP contribution < -0.4 is 0 Å². The van der Waals surface area contributed by atoms with Crippen molar-refractivity contribution in [3.8, 4) is 0 Å². The molecular formula is C14H19N3S. The van der Waals surface area contributed by atoms with Crippen molar-refractivity contribution < 1.29 is 0 Å². The molecule has 1 fully saturated rings. The van der Waals surface area contributed by atoms with Crippen LogP contribution >= 0.6 is 11.3 Å². The molecule has 3 nitrogen and oxygen atoms in total. The van der Waals surface area contributed by atoms with E-state index in [1.807, 2.05) is 0 Å². The second kappa shape index (κ2) is 3.80. The molecule has 1 saturated carbocycles. The van der Waals surface area contributed by atoms with E-state index in [9.17, 15) is 0 Å². The van der Waals surface area contributed by atoms with E-state index in [1.54, 1.807) is 11.3 Å². The van der Waals surface area contributed by atoms with Crippen LogP contribution in [0.5, 0.6) is 0 Å². The van der Waals surface area contributed by atoms with Crippen molar-refractivity contribution in [1.82, 2.24) is 14.6 Å². The number of imidazole rings is 1. The fourth-order valence-corrected chi connectivity index (χ4v) is 4.64. The zero-order chi connectivity index (χ0) is 12.2. The summed E-state index contributed by atoms with van der Waals surface area (Å²) in [6.45, 7) is 2.17. The normalized spacial score (nSPS) is 21.8. The molecule has 0 bridgehead atoms. The van der Waals surface area contributed by atoms with E-state index in [0.29, 0.717) is 5.41 Å². The van der Waals surface area contributed by atoms with Crippen molar-refractivity contribution in [2.45, 2.75) is 58.3 Å². The van der Waals surface area contributed by atoms with Crippen molar-refractivity contribution in [3.05, 3.63) is 16.4 Å². The highest BCUT2D eigenvalue weighted by Crippen LogP contribution is 2.47. The Balaban J connectivity index is 1.80. The third kappa shape index (κ3) is 1.48. The van der Waals surface area contributed by atoms with Crippen molar-refractivity contribution in [3.63, 3.8) is 0 Å². The molecule has 0 amide bonds. The van der Waals surface area contributed by atoms with Crippen LogP contribution in [-0.4, -0.2) is 14.6 Å². The Labute approximate surface area is 111 Å². The summed E-state index contributed by atoms with van der Waals surface area (Å²) in [6, 6.07) is 0. The van der Waals surface area contributed by atoms with Gasteiger partial charge in [-0.05, 0) is 43.9 Å². The number of nitrogens with zero attached hydrogens (tertiary/aromatic N) is 3. The molecule has 0 unspecified atom stereocenters. The molecule has 2 heterocycles. The Morgan fingerprint density at radius 1 is 1.28 bits per heavy atom. The fraction of sp³-hybridized carbons (Fsp3) is 0.714. The highest BCUT2D eigenvalue weighted by molar-refractivity contribution is 7.16. The summed E-state index contributed by atoms with van der Waals surface area (Å²) >= 11 is 1.76. The smallest absolute Gasteiger partial charge is 0.212 e. The van der Waals surface area contributed by atoms with E-state index < -0.39 is 0 Å². The predicted octanol–water partition coefficient (Wildman–Crippen LogP) is 3.40. The number of rotatable bonds is 1. The molecule has 0 atom stereocenters. The van der Waals surface area contributed by atoms with Crippen LogP contribution in [0.2, 0.25) is 0 Å². The van der Waals surface area contributed by atoms with Gasteiger partial charge in [-0.3, -0.25) is 0 Å². The largest absolute Gasteiger partial charge is 0.222 e. The first-order valence-corrected chi connectivity index (χ1v) is 7.97. The minimum atomic E-state index is 0.596. The molecule has 0 aliphatic heterocycles. The topological polar surface area (TPSA) is 30.2 Å². The van der Waals surface area contributed by atoms with Crippen LogP contribution in [0, 0.1) is 5.41 Å². The first-order valence-electron chi connectivity index (χ1n) is 7.16. The lowest BCUT2D eigenvalue weighted by Gasteiger charge is -2.32. The maximum Gasteiger partial charge on any atom is 0.212 e. The molecule has 1 spiro atoms. The fourth-order valence-electron chi connectivity index (χ4n) is 3.77. The molecule has 2 aromatic heterocycles. The maximum atomic E-state index is 4.80. The molecule has 2 aliphatic rings. The van der Waals surface area contributed by atoms with Crippen LogP contribution in [-0.2, 0) is 19.3 Å². The van der Waals surface area contributed by atoms with Gasteiger partial charge < -0.3 is 0 Å². The third-order valence-electron chi connectivity index (χ3n) is 4.82. The molecule has 18 heavy (non-hydrogen) atoms. The van der Waals surface area contributed by atoms with Gasteiger partial charge in [0.2, 0.25) is 4.96 Å². The summed E-state index contributed by atoms with van der Waals surface area (Å²) in [6.07, 6.45) is 10.5. The third-order valence-corrected chi connectivity index (χ3v) is 5.88. The quantitative estimate of drug-likeness (QED) is 0.787. The Kier molecular flexibility index (Phi) is 2.31. The van der Waals surface area contributed by atoms with E-state index in [4.69, 9.17) is 10.1 Å². The van der Waals surface area contributed by atoms with Crippen LogP contribution in [0.3, 0.4) is 0 Å². The molecule has 2 aliphatic carbocycles. The van der Waals surface area contributed by atoms with E-state index in [0.717, 1.165) is 11.4 Å². The minimum Gasteiger partial charge on any atom is -0.222 e.